The van der Waals surface area contributed by atoms with E-state index in [2.05, 4.69) is 5.32 Å². The number of nitro groups is 1. The van der Waals surface area contributed by atoms with Crippen LogP contribution in [0.2, 0.25) is 0 Å². The lowest BCUT2D eigenvalue weighted by atomic mass is 10.1. The number of nitrogens with one attached hydrogen (secondary N) is 1. The van der Waals surface area contributed by atoms with Crippen LogP contribution in [0.15, 0.2) is 60.7 Å². The van der Waals surface area contributed by atoms with E-state index >= 15 is 0 Å². The summed E-state index contributed by atoms with van der Waals surface area (Å²) < 4.78 is 21.6. The number of nitro benzene ring substituents is 1. The summed E-state index contributed by atoms with van der Waals surface area (Å²) in [7, 11) is 6.15. The van der Waals surface area contributed by atoms with Gasteiger partial charge in [0.25, 0.3) is 5.69 Å². The largest absolute Gasteiger partial charge is 0.495 e. The minimum Gasteiger partial charge on any atom is -0.495 e. The number of rotatable bonds is 10. The van der Waals surface area contributed by atoms with Gasteiger partial charge in [0.2, 0.25) is 11.7 Å². The fourth-order valence-corrected chi connectivity index (χ4v) is 3.42. The van der Waals surface area contributed by atoms with Crippen LogP contribution in [0.1, 0.15) is 16.7 Å². The Morgan fingerprint density at radius 3 is 2.00 bits per heavy atom. The van der Waals surface area contributed by atoms with Crippen LogP contribution < -0.4 is 24.3 Å². The molecule has 0 aliphatic carbocycles. The molecule has 186 valence electrons. The van der Waals surface area contributed by atoms with Crippen molar-refractivity contribution in [1.29, 1.82) is 0 Å². The molecule has 0 saturated heterocycles. The Labute approximate surface area is 208 Å². The molecule has 0 aromatic heterocycles. The highest BCUT2D eigenvalue weighted by Gasteiger charge is 2.13. The lowest BCUT2D eigenvalue weighted by molar-refractivity contribution is -0.384. The van der Waals surface area contributed by atoms with Gasteiger partial charge in [-0.15, -0.1) is 0 Å². The zero-order valence-corrected chi connectivity index (χ0v) is 20.3. The maximum absolute atomic E-state index is 12.7. The number of nitrogens with zero attached hydrogens (tertiary/aromatic N) is 1. The first-order valence-electron chi connectivity index (χ1n) is 10.8. The highest BCUT2D eigenvalue weighted by atomic mass is 16.6. The summed E-state index contributed by atoms with van der Waals surface area (Å²) in [6, 6.07) is 14.9. The van der Waals surface area contributed by atoms with Crippen molar-refractivity contribution < 1.29 is 28.7 Å². The molecule has 0 fully saturated rings. The van der Waals surface area contributed by atoms with Crippen LogP contribution in [0.25, 0.3) is 18.2 Å². The molecule has 0 saturated carbocycles. The number of carbonyl (C=O) groups excluding carboxylic acids is 1. The van der Waals surface area contributed by atoms with E-state index in [1.807, 2.05) is 36.4 Å². The van der Waals surface area contributed by atoms with Crippen molar-refractivity contribution in [2.75, 3.05) is 33.8 Å². The van der Waals surface area contributed by atoms with Crippen LogP contribution in [0.4, 0.5) is 11.4 Å². The van der Waals surface area contributed by atoms with Gasteiger partial charge in [-0.1, -0.05) is 24.3 Å². The van der Waals surface area contributed by atoms with Crippen molar-refractivity contribution >= 4 is 35.5 Å². The number of para-hydroxylation sites is 1. The Morgan fingerprint density at radius 2 is 1.44 bits per heavy atom. The maximum Gasteiger partial charge on any atom is 0.269 e. The molecule has 3 rings (SSSR count). The molecule has 0 atom stereocenters. The molecule has 0 aliphatic rings. The van der Waals surface area contributed by atoms with Gasteiger partial charge in [0.15, 0.2) is 11.5 Å². The van der Waals surface area contributed by atoms with Crippen molar-refractivity contribution in [3.8, 4) is 23.0 Å². The first kappa shape index (κ1) is 25.8. The van der Waals surface area contributed by atoms with Crippen molar-refractivity contribution in [1.82, 2.24) is 0 Å². The lowest BCUT2D eigenvalue weighted by Crippen LogP contribution is -2.10. The van der Waals surface area contributed by atoms with Crippen molar-refractivity contribution in [3.63, 3.8) is 0 Å². The van der Waals surface area contributed by atoms with Crippen molar-refractivity contribution in [2.24, 2.45) is 0 Å². The smallest absolute Gasteiger partial charge is 0.269 e. The van der Waals surface area contributed by atoms with E-state index in [0.29, 0.717) is 39.8 Å². The molecule has 36 heavy (non-hydrogen) atoms. The quantitative estimate of drug-likeness (QED) is 0.174. The number of ether oxygens (including phenoxy) is 4. The zero-order chi connectivity index (χ0) is 26.1. The number of carbonyl (C=O) groups is 1. The van der Waals surface area contributed by atoms with Gasteiger partial charge in [0.1, 0.15) is 5.75 Å². The number of hydrogen-bond acceptors (Lipinski definition) is 7. The number of methoxy groups -OCH3 is 4. The summed E-state index contributed by atoms with van der Waals surface area (Å²) in [5.74, 6) is 1.63. The number of benzene rings is 3. The lowest BCUT2D eigenvalue weighted by Gasteiger charge is -2.13. The van der Waals surface area contributed by atoms with Gasteiger partial charge in [-0.3, -0.25) is 14.9 Å². The summed E-state index contributed by atoms with van der Waals surface area (Å²) >= 11 is 0. The van der Waals surface area contributed by atoms with E-state index in [-0.39, 0.29) is 11.6 Å². The monoisotopic (exact) mass is 490 g/mol. The fourth-order valence-electron chi connectivity index (χ4n) is 3.42. The van der Waals surface area contributed by atoms with E-state index in [4.69, 9.17) is 18.9 Å². The second-order valence-corrected chi connectivity index (χ2v) is 7.39. The third kappa shape index (κ3) is 6.20. The number of amides is 1. The van der Waals surface area contributed by atoms with Gasteiger partial charge in [-0.05, 0) is 47.5 Å². The summed E-state index contributed by atoms with van der Waals surface area (Å²) in [6.45, 7) is 0. The Hall–Kier alpha value is -4.79. The van der Waals surface area contributed by atoms with Gasteiger partial charge in [0.05, 0.1) is 39.0 Å². The standard InChI is InChI=1S/C27H26N2O7/c1-33-22-7-5-6-20(12-8-19-16-23(34-2)27(36-4)24(17-19)35-3)26(22)28-25(30)15-11-18-9-13-21(14-10-18)29(31)32/h5-17H,1-4H3,(H,28,30)/b12-8?,15-11+. The molecule has 1 N–H and O–H groups in total. The summed E-state index contributed by atoms with van der Waals surface area (Å²) in [5, 5.41) is 13.6. The van der Waals surface area contributed by atoms with E-state index < -0.39 is 4.92 Å². The van der Waals surface area contributed by atoms with Crippen molar-refractivity contribution in [2.45, 2.75) is 0 Å². The minimum atomic E-state index is -0.477. The first-order chi connectivity index (χ1) is 17.4. The molecule has 0 bridgehead atoms. The predicted molar refractivity (Wildman–Crippen MR) is 139 cm³/mol. The molecule has 0 heterocycles. The number of non-ortho nitro benzene ring substituents is 1. The Bertz CT molecular complexity index is 1270. The number of anilines is 1. The van der Waals surface area contributed by atoms with Gasteiger partial charge in [-0.25, -0.2) is 0 Å². The van der Waals surface area contributed by atoms with E-state index in [9.17, 15) is 14.9 Å². The van der Waals surface area contributed by atoms with Crippen molar-refractivity contribution in [3.05, 3.63) is 87.5 Å². The molecule has 9 nitrogen and oxygen atoms in total. The highest BCUT2D eigenvalue weighted by molar-refractivity contribution is 6.04. The maximum atomic E-state index is 12.7. The highest BCUT2D eigenvalue weighted by Crippen LogP contribution is 2.39. The molecule has 0 radical (unpaired) electrons. The molecule has 1 amide bonds. The molecule has 3 aromatic carbocycles. The molecular formula is C27H26N2O7. The molecule has 9 heteroatoms. The Morgan fingerprint density at radius 1 is 0.806 bits per heavy atom. The average Bonchev–Trinajstić information content (AvgIpc) is 2.90. The van der Waals surface area contributed by atoms with Crippen LogP contribution in [-0.4, -0.2) is 39.3 Å². The molecule has 0 aliphatic heterocycles. The van der Waals surface area contributed by atoms with Crippen LogP contribution in [-0.2, 0) is 4.79 Å². The van der Waals surface area contributed by atoms with Crippen LogP contribution in [0.5, 0.6) is 23.0 Å². The molecule has 0 spiro atoms. The van der Waals surface area contributed by atoms with Crippen LogP contribution in [0.3, 0.4) is 0 Å². The summed E-state index contributed by atoms with van der Waals surface area (Å²) in [5.41, 5.74) is 2.62. The summed E-state index contributed by atoms with van der Waals surface area (Å²) in [6.07, 6.45) is 6.60. The minimum absolute atomic E-state index is 0.0193. The SMILES string of the molecule is COc1cccc(C=Cc2cc(OC)c(OC)c(OC)c2)c1NC(=O)/C=C/c1ccc([N+](=O)[O-])cc1. The second kappa shape index (κ2) is 12.1. The predicted octanol–water partition coefficient (Wildman–Crippen LogP) is 5.45. The molecule has 0 unspecified atom stereocenters. The van der Waals surface area contributed by atoms with Crippen LogP contribution >= 0.6 is 0 Å². The molecule has 3 aromatic rings. The fraction of sp³-hybridized carbons (Fsp3) is 0.148. The Kier molecular flexibility index (Phi) is 8.66. The molecular weight excluding hydrogens is 464 g/mol. The zero-order valence-electron chi connectivity index (χ0n) is 20.3. The third-order valence-electron chi connectivity index (χ3n) is 5.20. The third-order valence-corrected chi connectivity index (χ3v) is 5.20. The van der Waals surface area contributed by atoms with Gasteiger partial charge in [0, 0.05) is 23.8 Å². The van der Waals surface area contributed by atoms with Crippen LogP contribution in [0, 0.1) is 10.1 Å². The van der Waals surface area contributed by atoms with Gasteiger partial charge < -0.3 is 24.3 Å². The second-order valence-electron chi connectivity index (χ2n) is 7.39. The topological polar surface area (TPSA) is 109 Å². The average molecular weight is 491 g/mol. The van der Waals surface area contributed by atoms with E-state index in [1.54, 1.807) is 38.5 Å². The van der Waals surface area contributed by atoms with E-state index in [1.165, 1.54) is 32.4 Å². The first-order valence-corrected chi connectivity index (χ1v) is 10.8. The normalized spacial score (nSPS) is 10.9. The van der Waals surface area contributed by atoms with Gasteiger partial charge >= 0.3 is 0 Å². The van der Waals surface area contributed by atoms with Gasteiger partial charge in [-0.2, -0.15) is 0 Å². The number of hydrogen-bond donors (Lipinski definition) is 1. The summed E-state index contributed by atoms with van der Waals surface area (Å²) in [4.78, 5) is 23.0. The van der Waals surface area contributed by atoms with E-state index in [0.717, 1.165) is 5.56 Å². The Balaban J connectivity index is 1.86.